The highest BCUT2D eigenvalue weighted by Gasteiger charge is 2.12. The zero-order valence-corrected chi connectivity index (χ0v) is 15.7. The molecule has 0 fully saturated rings. The Morgan fingerprint density at radius 3 is 2.52 bits per heavy atom. The monoisotopic (exact) mass is 370 g/mol. The summed E-state index contributed by atoms with van der Waals surface area (Å²) in [6.07, 6.45) is 2.84. The van der Waals surface area contributed by atoms with Gasteiger partial charge < -0.3 is 20.5 Å². The van der Waals surface area contributed by atoms with Gasteiger partial charge in [0.2, 0.25) is 5.91 Å². The Kier molecular flexibility index (Phi) is 7.67. The number of hydrogen-bond donors (Lipinski definition) is 3. The second-order valence-electron chi connectivity index (χ2n) is 6.24. The van der Waals surface area contributed by atoms with Crippen molar-refractivity contribution >= 4 is 17.5 Å². The van der Waals surface area contributed by atoms with Crippen molar-refractivity contribution in [1.29, 1.82) is 0 Å². The quantitative estimate of drug-likeness (QED) is 0.630. The minimum absolute atomic E-state index is 0.0972. The highest BCUT2D eigenvalue weighted by atomic mass is 16.5. The standard InChI is InChI=1S/C21H26N2O4/c1-3-4-5-20(25)23-18-14-16(8-11-19(18)27-2)21(26)22-13-12-15-6-9-17(24)10-7-15/h6-11,14,24H,3-5,12-13H2,1-2H3,(H,22,26)(H,23,25). The first-order valence-corrected chi connectivity index (χ1v) is 9.07. The molecule has 0 heterocycles. The van der Waals surface area contributed by atoms with Crippen molar-refractivity contribution in [2.45, 2.75) is 32.6 Å². The summed E-state index contributed by atoms with van der Waals surface area (Å²) in [5.41, 5.74) is 1.96. The van der Waals surface area contributed by atoms with Gasteiger partial charge in [0.15, 0.2) is 0 Å². The molecule has 27 heavy (non-hydrogen) atoms. The van der Waals surface area contributed by atoms with Gasteiger partial charge in [-0.3, -0.25) is 9.59 Å². The average molecular weight is 370 g/mol. The van der Waals surface area contributed by atoms with Gasteiger partial charge in [0, 0.05) is 18.5 Å². The van der Waals surface area contributed by atoms with Crippen molar-refractivity contribution in [3.63, 3.8) is 0 Å². The zero-order chi connectivity index (χ0) is 19.6. The van der Waals surface area contributed by atoms with Gasteiger partial charge in [0.05, 0.1) is 12.8 Å². The maximum Gasteiger partial charge on any atom is 0.251 e. The number of ether oxygens (including phenoxy) is 1. The number of carbonyl (C=O) groups excluding carboxylic acids is 2. The predicted molar refractivity (Wildman–Crippen MR) is 105 cm³/mol. The van der Waals surface area contributed by atoms with Gasteiger partial charge in [-0.05, 0) is 48.7 Å². The van der Waals surface area contributed by atoms with E-state index in [0.29, 0.717) is 36.4 Å². The van der Waals surface area contributed by atoms with E-state index in [0.717, 1.165) is 18.4 Å². The predicted octanol–water partition coefficient (Wildman–Crippen LogP) is 3.50. The van der Waals surface area contributed by atoms with E-state index >= 15 is 0 Å². The number of nitrogens with one attached hydrogen (secondary N) is 2. The minimum atomic E-state index is -0.222. The van der Waals surface area contributed by atoms with Crippen LogP contribution in [0.3, 0.4) is 0 Å². The number of methoxy groups -OCH3 is 1. The van der Waals surface area contributed by atoms with E-state index in [4.69, 9.17) is 4.74 Å². The lowest BCUT2D eigenvalue weighted by atomic mass is 10.1. The van der Waals surface area contributed by atoms with Crippen LogP contribution in [0.1, 0.15) is 42.1 Å². The normalized spacial score (nSPS) is 10.3. The Hall–Kier alpha value is -3.02. The summed E-state index contributed by atoms with van der Waals surface area (Å²) in [6, 6.07) is 11.8. The third-order valence-corrected chi connectivity index (χ3v) is 4.13. The number of unbranched alkanes of at least 4 members (excludes halogenated alkanes) is 1. The Morgan fingerprint density at radius 2 is 1.85 bits per heavy atom. The van der Waals surface area contributed by atoms with Crippen LogP contribution in [0.25, 0.3) is 0 Å². The highest BCUT2D eigenvalue weighted by molar-refractivity contribution is 5.98. The van der Waals surface area contributed by atoms with Gasteiger partial charge in [0.1, 0.15) is 11.5 Å². The number of benzene rings is 2. The highest BCUT2D eigenvalue weighted by Crippen LogP contribution is 2.26. The van der Waals surface area contributed by atoms with E-state index in [-0.39, 0.29) is 17.6 Å². The zero-order valence-electron chi connectivity index (χ0n) is 15.7. The number of rotatable bonds is 9. The number of hydrogen-bond acceptors (Lipinski definition) is 4. The Morgan fingerprint density at radius 1 is 1.11 bits per heavy atom. The third-order valence-electron chi connectivity index (χ3n) is 4.13. The average Bonchev–Trinajstić information content (AvgIpc) is 2.67. The summed E-state index contributed by atoms with van der Waals surface area (Å²) in [4.78, 5) is 24.4. The molecule has 2 amide bonds. The molecule has 0 spiro atoms. The molecule has 3 N–H and O–H groups in total. The molecule has 144 valence electrons. The molecule has 2 rings (SSSR count). The van der Waals surface area contributed by atoms with Crippen molar-refractivity contribution in [2.24, 2.45) is 0 Å². The van der Waals surface area contributed by atoms with E-state index in [1.54, 1.807) is 30.3 Å². The number of anilines is 1. The van der Waals surface area contributed by atoms with Crippen LogP contribution >= 0.6 is 0 Å². The minimum Gasteiger partial charge on any atom is -0.508 e. The largest absolute Gasteiger partial charge is 0.508 e. The summed E-state index contributed by atoms with van der Waals surface area (Å²) in [5, 5.41) is 15.0. The molecule has 6 nitrogen and oxygen atoms in total. The first kappa shape index (κ1) is 20.3. The van der Waals surface area contributed by atoms with Crippen LogP contribution in [-0.4, -0.2) is 30.6 Å². The van der Waals surface area contributed by atoms with Gasteiger partial charge in [-0.2, -0.15) is 0 Å². The first-order chi connectivity index (χ1) is 13.0. The molecular weight excluding hydrogens is 344 g/mol. The molecule has 0 aromatic heterocycles. The summed E-state index contributed by atoms with van der Waals surface area (Å²) in [6.45, 7) is 2.49. The van der Waals surface area contributed by atoms with E-state index in [2.05, 4.69) is 10.6 Å². The van der Waals surface area contributed by atoms with Crippen LogP contribution in [0, 0.1) is 0 Å². The molecule has 0 unspecified atom stereocenters. The SMILES string of the molecule is CCCCC(=O)Nc1cc(C(=O)NCCc2ccc(O)cc2)ccc1OC. The summed E-state index contributed by atoms with van der Waals surface area (Å²) in [5.74, 6) is 0.413. The molecule has 0 aliphatic rings. The molecule has 0 aliphatic carbocycles. The molecule has 0 saturated heterocycles. The Balaban J connectivity index is 1.97. The summed E-state index contributed by atoms with van der Waals surface area (Å²) >= 11 is 0. The van der Waals surface area contributed by atoms with E-state index < -0.39 is 0 Å². The van der Waals surface area contributed by atoms with Crippen molar-refractivity contribution in [1.82, 2.24) is 5.32 Å². The summed E-state index contributed by atoms with van der Waals surface area (Å²) in [7, 11) is 1.52. The molecule has 0 saturated carbocycles. The number of amides is 2. The molecule has 6 heteroatoms. The van der Waals surface area contributed by atoms with Gasteiger partial charge in [-0.15, -0.1) is 0 Å². The van der Waals surface area contributed by atoms with Crippen LogP contribution in [0.4, 0.5) is 5.69 Å². The first-order valence-electron chi connectivity index (χ1n) is 9.07. The lowest BCUT2D eigenvalue weighted by Gasteiger charge is -2.12. The van der Waals surface area contributed by atoms with Crippen LogP contribution in [-0.2, 0) is 11.2 Å². The van der Waals surface area contributed by atoms with Crippen molar-refractivity contribution in [3.05, 3.63) is 53.6 Å². The molecule has 2 aromatic carbocycles. The Labute approximate surface area is 159 Å². The maximum absolute atomic E-state index is 12.4. The lowest BCUT2D eigenvalue weighted by Crippen LogP contribution is -2.26. The van der Waals surface area contributed by atoms with Crippen LogP contribution in [0.15, 0.2) is 42.5 Å². The maximum atomic E-state index is 12.4. The van der Waals surface area contributed by atoms with Gasteiger partial charge >= 0.3 is 0 Å². The Bertz CT molecular complexity index is 772. The van der Waals surface area contributed by atoms with Crippen LogP contribution in [0.5, 0.6) is 11.5 Å². The smallest absolute Gasteiger partial charge is 0.251 e. The van der Waals surface area contributed by atoms with E-state index in [1.165, 1.54) is 7.11 Å². The number of phenolic OH excluding ortho intramolecular Hbond substituents is 1. The van der Waals surface area contributed by atoms with Gasteiger partial charge in [-0.1, -0.05) is 25.5 Å². The van der Waals surface area contributed by atoms with Crippen molar-refractivity contribution in [2.75, 3.05) is 19.0 Å². The molecule has 2 aromatic rings. The molecule has 0 radical (unpaired) electrons. The summed E-state index contributed by atoms with van der Waals surface area (Å²) < 4.78 is 5.27. The fraction of sp³-hybridized carbons (Fsp3) is 0.333. The second-order valence-corrected chi connectivity index (χ2v) is 6.24. The topological polar surface area (TPSA) is 87.7 Å². The van der Waals surface area contributed by atoms with Crippen LogP contribution < -0.4 is 15.4 Å². The van der Waals surface area contributed by atoms with Gasteiger partial charge in [-0.25, -0.2) is 0 Å². The van der Waals surface area contributed by atoms with Crippen molar-refractivity contribution < 1.29 is 19.4 Å². The molecular formula is C21H26N2O4. The molecule has 0 bridgehead atoms. The fourth-order valence-corrected chi connectivity index (χ4v) is 2.58. The number of aromatic hydroxyl groups is 1. The fourth-order valence-electron chi connectivity index (χ4n) is 2.58. The lowest BCUT2D eigenvalue weighted by molar-refractivity contribution is -0.116. The van der Waals surface area contributed by atoms with Crippen LogP contribution in [0.2, 0.25) is 0 Å². The van der Waals surface area contributed by atoms with E-state index in [1.807, 2.05) is 19.1 Å². The number of carbonyl (C=O) groups is 2. The van der Waals surface area contributed by atoms with Crippen molar-refractivity contribution in [3.8, 4) is 11.5 Å². The number of phenols is 1. The van der Waals surface area contributed by atoms with Gasteiger partial charge in [0.25, 0.3) is 5.91 Å². The molecule has 0 aliphatic heterocycles. The second kappa shape index (κ2) is 10.2. The third kappa shape index (κ3) is 6.33. The van der Waals surface area contributed by atoms with E-state index in [9.17, 15) is 14.7 Å². The molecule has 0 atom stereocenters.